The van der Waals surface area contributed by atoms with Crippen LogP contribution < -0.4 is 0 Å². The van der Waals surface area contributed by atoms with Gasteiger partial charge in [-0.25, -0.2) is 0 Å². The van der Waals surface area contributed by atoms with Gasteiger partial charge < -0.3 is 14.9 Å². The van der Waals surface area contributed by atoms with Gasteiger partial charge in [0.25, 0.3) is 0 Å². The van der Waals surface area contributed by atoms with E-state index in [0.29, 0.717) is 11.8 Å². The van der Waals surface area contributed by atoms with E-state index in [1.807, 2.05) is 0 Å². The highest BCUT2D eigenvalue weighted by Gasteiger charge is 2.77. The lowest BCUT2D eigenvalue weighted by atomic mass is 9.49. The van der Waals surface area contributed by atoms with E-state index in [-0.39, 0.29) is 23.2 Å². The molecule has 0 amide bonds. The fraction of sp³-hybridized carbons (Fsp3) is 0.833. The van der Waals surface area contributed by atoms with Crippen LogP contribution in [0.15, 0.2) is 12.2 Å². The van der Waals surface area contributed by atoms with Crippen LogP contribution in [0, 0.1) is 23.2 Å². The minimum atomic E-state index is -0.983. The summed E-state index contributed by atoms with van der Waals surface area (Å²) < 4.78 is 5.78. The van der Waals surface area contributed by atoms with Gasteiger partial charge in [0.05, 0.1) is 6.10 Å². The number of ether oxygens (including phenoxy) is 1. The quantitative estimate of drug-likeness (QED) is 0.667. The maximum absolute atomic E-state index is 11.9. The second-order valence-corrected chi connectivity index (χ2v) is 8.50. The Bertz CT molecular complexity index is 586. The lowest BCUT2D eigenvalue weighted by Gasteiger charge is -2.56. The fourth-order valence-electron chi connectivity index (χ4n) is 6.62. The Morgan fingerprint density at radius 2 is 2.00 bits per heavy atom. The summed E-state index contributed by atoms with van der Waals surface area (Å²) in [6, 6.07) is 0. The molecule has 0 aromatic carbocycles. The van der Waals surface area contributed by atoms with E-state index in [4.69, 9.17) is 4.74 Å². The van der Waals surface area contributed by atoms with Crippen LogP contribution in [0.1, 0.15) is 45.4 Å². The molecule has 1 saturated heterocycles. The smallest absolute Gasteiger partial charge is 0.187 e. The average Bonchev–Trinajstić information content (AvgIpc) is 3.17. The van der Waals surface area contributed by atoms with Gasteiger partial charge in [-0.15, -0.1) is 0 Å². The van der Waals surface area contributed by atoms with Crippen LogP contribution in [-0.4, -0.2) is 39.4 Å². The van der Waals surface area contributed by atoms with Gasteiger partial charge in [0.2, 0.25) is 0 Å². The van der Waals surface area contributed by atoms with Gasteiger partial charge in [-0.1, -0.05) is 6.92 Å². The SMILES string of the molecule is C[C@]12CC[C@H]3[C@@H](CC[C@]45O[C@H]4C(=O)C=C[C@]35O)[C@@H]1CC[C@@H]2O. The highest BCUT2D eigenvalue weighted by molar-refractivity contribution is 5.98. The summed E-state index contributed by atoms with van der Waals surface area (Å²) in [5.41, 5.74) is -1.60. The van der Waals surface area contributed by atoms with Gasteiger partial charge in [0.15, 0.2) is 11.9 Å². The number of aliphatic hydroxyl groups excluding tert-OH is 1. The van der Waals surface area contributed by atoms with Crippen molar-refractivity contribution in [1.82, 2.24) is 0 Å². The van der Waals surface area contributed by atoms with Crippen molar-refractivity contribution >= 4 is 5.78 Å². The van der Waals surface area contributed by atoms with Crippen molar-refractivity contribution in [3.63, 3.8) is 0 Å². The first-order valence-electron chi connectivity index (χ1n) is 8.74. The van der Waals surface area contributed by atoms with E-state index in [1.165, 1.54) is 6.08 Å². The molecule has 4 heteroatoms. The summed E-state index contributed by atoms with van der Waals surface area (Å²) in [6.45, 7) is 2.23. The minimum Gasteiger partial charge on any atom is -0.393 e. The first kappa shape index (κ1) is 13.7. The third-order valence-corrected chi connectivity index (χ3v) is 7.93. The molecule has 120 valence electrons. The number of hydrogen-bond donors (Lipinski definition) is 2. The molecule has 0 aromatic rings. The number of carbonyl (C=O) groups is 1. The number of aliphatic hydroxyl groups is 2. The number of hydrogen-bond acceptors (Lipinski definition) is 4. The van der Waals surface area contributed by atoms with Crippen LogP contribution >= 0.6 is 0 Å². The fourth-order valence-corrected chi connectivity index (χ4v) is 6.62. The molecule has 5 aliphatic rings. The van der Waals surface area contributed by atoms with E-state index in [9.17, 15) is 15.0 Å². The molecule has 4 aliphatic carbocycles. The number of rotatable bonds is 0. The second-order valence-electron chi connectivity index (χ2n) is 8.50. The summed E-state index contributed by atoms with van der Waals surface area (Å²) in [5, 5.41) is 21.9. The van der Waals surface area contributed by atoms with Crippen LogP contribution in [0.3, 0.4) is 0 Å². The Kier molecular flexibility index (Phi) is 2.40. The molecule has 5 rings (SSSR count). The summed E-state index contributed by atoms with van der Waals surface area (Å²) in [5.74, 6) is 1.11. The molecular formula is C18H24O4. The minimum absolute atomic E-state index is 0.0139. The third-order valence-electron chi connectivity index (χ3n) is 7.93. The van der Waals surface area contributed by atoms with Gasteiger partial charge in [-0.2, -0.15) is 0 Å². The van der Waals surface area contributed by atoms with E-state index in [2.05, 4.69) is 6.92 Å². The summed E-state index contributed by atoms with van der Waals surface area (Å²) in [7, 11) is 0. The monoisotopic (exact) mass is 304 g/mol. The number of fused-ring (bicyclic) bond motifs is 4. The van der Waals surface area contributed by atoms with Gasteiger partial charge in [-0.05, 0) is 73.8 Å². The number of ketones is 1. The molecule has 3 saturated carbocycles. The van der Waals surface area contributed by atoms with Crippen LogP contribution in [0.4, 0.5) is 0 Å². The maximum atomic E-state index is 11.9. The lowest BCUT2D eigenvalue weighted by Crippen LogP contribution is -2.62. The van der Waals surface area contributed by atoms with Gasteiger partial charge in [-0.3, -0.25) is 4.79 Å². The average molecular weight is 304 g/mol. The molecule has 1 spiro atoms. The van der Waals surface area contributed by atoms with Gasteiger partial charge >= 0.3 is 0 Å². The highest BCUT2D eigenvalue weighted by Crippen LogP contribution is 2.67. The summed E-state index contributed by atoms with van der Waals surface area (Å²) in [6.07, 6.45) is 8.29. The summed E-state index contributed by atoms with van der Waals surface area (Å²) >= 11 is 0. The zero-order valence-electron chi connectivity index (χ0n) is 13.0. The van der Waals surface area contributed by atoms with Crippen LogP contribution in [-0.2, 0) is 9.53 Å². The lowest BCUT2D eigenvalue weighted by molar-refractivity contribution is -0.150. The number of epoxide rings is 1. The molecule has 22 heavy (non-hydrogen) atoms. The van der Waals surface area contributed by atoms with Crippen molar-refractivity contribution < 1.29 is 19.7 Å². The van der Waals surface area contributed by atoms with E-state index >= 15 is 0 Å². The standard InChI is InChI=1S/C18H24O4/c1-16-7-5-12-10(11(16)2-3-14(16)20)4-9-18-15(22-18)13(19)6-8-17(12,18)21/h6,8,10-12,14-15,20-21H,2-5,7,9H2,1H3/t10-,11-,12-,14-,15-,16-,17-,18-/m0/s1. The molecule has 0 unspecified atom stereocenters. The molecule has 4 fully saturated rings. The van der Waals surface area contributed by atoms with Crippen LogP contribution in [0.5, 0.6) is 0 Å². The van der Waals surface area contributed by atoms with Crippen LogP contribution in [0.2, 0.25) is 0 Å². The molecule has 0 bridgehead atoms. The largest absolute Gasteiger partial charge is 0.393 e. The number of carbonyl (C=O) groups excluding carboxylic acids is 1. The van der Waals surface area contributed by atoms with Crippen LogP contribution in [0.25, 0.3) is 0 Å². The van der Waals surface area contributed by atoms with Crippen molar-refractivity contribution in [2.24, 2.45) is 23.2 Å². The predicted molar refractivity (Wildman–Crippen MR) is 79.0 cm³/mol. The van der Waals surface area contributed by atoms with Crippen molar-refractivity contribution in [3.05, 3.63) is 12.2 Å². The second kappa shape index (κ2) is 3.85. The molecular weight excluding hydrogens is 280 g/mol. The molecule has 4 nitrogen and oxygen atoms in total. The molecule has 8 atom stereocenters. The van der Waals surface area contributed by atoms with Crippen molar-refractivity contribution in [1.29, 1.82) is 0 Å². The Morgan fingerprint density at radius 1 is 1.18 bits per heavy atom. The molecule has 1 heterocycles. The zero-order chi connectivity index (χ0) is 15.3. The Morgan fingerprint density at radius 3 is 2.82 bits per heavy atom. The first-order valence-corrected chi connectivity index (χ1v) is 8.74. The Balaban J connectivity index is 1.55. The van der Waals surface area contributed by atoms with Crippen molar-refractivity contribution in [2.45, 2.75) is 68.9 Å². The molecule has 2 N–H and O–H groups in total. The maximum Gasteiger partial charge on any atom is 0.187 e. The van der Waals surface area contributed by atoms with E-state index < -0.39 is 17.3 Å². The topological polar surface area (TPSA) is 70.1 Å². The van der Waals surface area contributed by atoms with Crippen molar-refractivity contribution in [3.8, 4) is 0 Å². The third kappa shape index (κ3) is 1.31. The Hall–Kier alpha value is -0.710. The molecule has 0 aromatic heterocycles. The zero-order valence-corrected chi connectivity index (χ0v) is 13.0. The highest BCUT2D eigenvalue weighted by atomic mass is 16.6. The normalized spacial score (nSPS) is 62.0. The summed E-state index contributed by atoms with van der Waals surface area (Å²) in [4.78, 5) is 11.9. The molecule has 1 aliphatic heterocycles. The Labute approximate surface area is 130 Å². The van der Waals surface area contributed by atoms with Gasteiger partial charge in [0.1, 0.15) is 11.2 Å². The van der Waals surface area contributed by atoms with Gasteiger partial charge in [0, 0.05) is 0 Å². The van der Waals surface area contributed by atoms with E-state index in [1.54, 1.807) is 6.08 Å². The first-order chi connectivity index (χ1) is 10.4. The predicted octanol–water partition coefficient (Wildman–Crippen LogP) is 1.59. The van der Waals surface area contributed by atoms with E-state index in [0.717, 1.165) is 38.5 Å². The van der Waals surface area contributed by atoms with Crippen molar-refractivity contribution in [2.75, 3.05) is 0 Å². The molecule has 0 radical (unpaired) electrons.